The Balaban J connectivity index is 1.60. The minimum Gasteiger partial charge on any atom is -0.361 e. The highest BCUT2D eigenvalue weighted by molar-refractivity contribution is 5.96. The molecule has 2 aromatic heterocycles. The van der Waals surface area contributed by atoms with Gasteiger partial charge in [-0.15, -0.1) is 0 Å². The number of benzene rings is 1. The van der Waals surface area contributed by atoms with Crippen molar-refractivity contribution in [2.75, 3.05) is 0 Å². The first-order valence-electron chi connectivity index (χ1n) is 7.81. The van der Waals surface area contributed by atoms with Gasteiger partial charge in [0.1, 0.15) is 24.0 Å². The van der Waals surface area contributed by atoms with Gasteiger partial charge in [0.2, 0.25) is 0 Å². The maximum atomic E-state index is 12.3. The Morgan fingerprint density at radius 2 is 2.00 bits per heavy atom. The summed E-state index contributed by atoms with van der Waals surface area (Å²) in [5, 5.41) is 10.9. The maximum absolute atomic E-state index is 12.3. The number of nitrogens with one attached hydrogen (secondary N) is 1. The summed E-state index contributed by atoms with van der Waals surface area (Å²) in [5.74, 6) is 0.393. The zero-order valence-electron chi connectivity index (χ0n) is 13.7. The molecule has 7 heteroatoms. The molecular weight excluding hydrogens is 306 g/mol. The van der Waals surface area contributed by atoms with Crippen molar-refractivity contribution >= 4 is 5.91 Å². The predicted octanol–water partition coefficient (Wildman–Crippen LogP) is 2.12. The third kappa shape index (κ3) is 3.51. The van der Waals surface area contributed by atoms with Crippen molar-refractivity contribution in [2.24, 2.45) is 0 Å². The summed E-state index contributed by atoms with van der Waals surface area (Å²) in [7, 11) is 0. The molecule has 0 aliphatic heterocycles. The van der Waals surface area contributed by atoms with Gasteiger partial charge in [0.15, 0.2) is 0 Å². The van der Waals surface area contributed by atoms with E-state index in [1.807, 2.05) is 31.2 Å². The van der Waals surface area contributed by atoms with Crippen LogP contribution in [-0.4, -0.2) is 25.8 Å². The van der Waals surface area contributed by atoms with Crippen molar-refractivity contribution in [2.45, 2.75) is 33.4 Å². The van der Waals surface area contributed by atoms with E-state index >= 15 is 0 Å². The normalized spacial score (nSPS) is 10.8. The Morgan fingerprint density at radius 3 is 2.67 bits per heavy atom. The number of aryl methyl sites for hydroxylation is 2. The van der Waals surface area contributed by atoms with Crippen LogP contribution in [0.3, 0.4) is 0 Å². The van der Waals surface area contributed by atoms with E-state index in [1.165, 1.54) is 6.33 Å². The number of hydrogen-bond donors (Lipinski definition) is 1. The summed E-state index contributed by atoms with van der Waals surface area (Å²) < 4.78 is 6.86. The average molecular weight is 325 g/mol. The number of nitrogens with zero attached hydrogens (tertiary/aromatic N) is 4. The van der Waals surface area contributed by atoms with Crippen LogP contribution in [-0.2, 0) is 19.5 Å². The van der Waals surface area contributed by atoms with Crippen LogP contribution in [0.4, 0.5) is 0 Å². The first-order chi connectivity index (χ1) is 11.7. The van der Waals surface area contributed by atoms with E-state index in [0.29, 0.717) is 36.5 Å². The first kappa shape index (κ1) is 15.9. The molecule has 24 heavy (non-hydrogen) atoms. The Hall–Kier alpha value is -2.96. The molecule has 1 N–H and O–H groups in total. The van der Waals surface area contributed by atoms with Gasteiger partial charge in [-0.25, -0.2) is 9.67 Å². The quantitative estimate of drug-likeness (QED) is 0.750. The average Bonchev–Trinajstić information content (AvgIpc) is 3.23. The van der Waals surface area contributed by atoms with Crippen molar-refractivity contribution in [1.82, 2.24) is 25.2 Å². The summed E-state index contributed by atoms with van der Waals surface area (Å²) in [6.07, 6.45) is 3.86. The van der Waals surface area contributed by atoms with Crippen LogP contribution >= 0.6 is 0 Å². The van der Waals surface area contributed by atoms with Crippen LogP contribution in [0.1, 0.15) is 39.9 Å². The molecule has 3 rings (SSSR count). The van der Waals surface area contributed by atoms with E-state index in [4.69, 9.17) is 4.52 Å². The van der Waals surface area contributed by atoms with Gasteiger partial charge >= 0.3 is 0 Å². The Morgan fingerprint density at radius 1 is 1.25 bits per heavy atom. The van der Waals surface area contributed by atoms with Crippen LogP contribution in [0.25, 0.3) is 0 Å². The van der Waals surface area contributed by atoms with E-state index in [2.05, 4.69) is 20.6 Å². The highest BCUT2D eigenvalue weighted by Gasteiger charge is 2.18. The minimum atomic E-state index is -0.155. The van der Waals surface area contributed by atoms with Crippen molar-refractivity contribution in [3.63, 3.8) is 0 Å². The van der Waals surface area contributed by atoms with Crippen molar-refractivity contribution in [3.05, 3.63) is 65.1 Å². The number of amides is 1. The lowest BCUT2D eigenvalue weighted by Gasteiger charge is -2.07. The molecule has 0 spiro atoms. The smallest absolute Gasteiger partial charge is 0.257 e. The Kier molecular flexibility index (Phi) is 4.69. The molecule has 7 nitrogen and oxygen atoms in total. The van der Waals surface area contributed by atoms with Gasteiger partial charge < -0.3 is 9.84 Å². The SMILES string of the molecule is CCc1noc(C)c1C(=O)NCc1ccc(Cn2cncn2)cc1. The van der Waals surface area contributed by atoms with Gasteiger partial charge in [0.05, 0.1) is 12.2 Å². The fourth-order valence-electron chi connectivity index (χ4n) is 2.48. The second-order valence-electron chi connectivity index (χ2n) is 5.51. The molecule has 0 saturated carbocycles. The Bertz CT molecular complexity index is 806. The van der Waals surface area contributed by atoms with Gasteiger partial charge in [-0.3, -0.25) is 4.79 Å². The van der Waals surface area contributed by atoms with Crippen LogP contribution in [0, 0.1) is 6.92 Å². The largest absolute Gasteiger partial charge is 0.361 e. The molecule has 0 atom stereocenters. The van der Waals surface area contributed by atoms with E-state index in [9.17, 15) is 4.79 Å². The van der Waals surface area contributed by atoms with Gasteiger partial charge in [0, 0.05) is 6.54 Å². The second kappa shape index (κ2) is 7.08. The number of carbonyl (C=O) groups is 1. The lowest BCUT2D eigenvalue weighted by Crippen LogP contribution is -2.24. The standard InChI is InChI=1S/C17H19N5O2/c1-3-15-16(12(2)24-21-15)17(23)19-8-13-4-6-14(7-5-13)9-22-11-18-10-20-22/h4-7,10-11H,3,8-9H2,1-2H3,(H,19,23). The van der Waals surface area contributed by atoms with Gasteiger partial charge in [-0.2, -0.15) is 5.10 Å². The molecular formula is C17H19N5O2. The molecule has 0 radical (unpaired) electrons. The van der Waals surface area contributed by atoms with E-state index in [-0.39, 0.29) is 5.91 Å². The summed E-state index contributed by atoms with van der Waals surface area (Å²) in [6, 6.07) is 8.03. The Labute approximate surface area is 139 Å². The number of hydrogen-bond acceptors (Lipinski definition) is 5. The van der Waals surface area contributed by atoms with Crippen molar-refractivity contribution < 1.29 is 9.32 Å². The molecule has 0 bridgehead atoms. The van der Waals surface area contributed by atoms with E-state index < -0.39 is 0 Å². The van der Waals surface area contributed by atoms with Gasteiger partial charge in [-0.1, -0.05) is 36.3 Å². The van der Waals surface area contributed by atoms with Crippen molar-refractivity contribution in [3.8, 4) is 0 Å². The lowest BCUT2D eigenvalue weighted by atomic mass is 10.1. The number of carbonyl (C=O) groups excluding carboxylic acids is 1. The lowest BCUT2D eigenvalue weighted by molar-refractivity contribution is 0.0948. The molecule has 1 aromatic carbocycles. The van der Waals surface area contributed by atoms with Crippen LogP contribution in [0.5, 0.6) is 0 Å². The third-order valence-corrected chi connectivity index (χ3v) is 3.78. The number of rotatable bonds is 6. The highest BCUT2D eigenvalue weighted by atomic mass is 16.5. The minimum absolute atomic E-state index is 0.155. The molecule has 124 valence electrons. The van der Waals surface area contributed by atoms with E-state index in [1.54, 1.807) is 17.9 Å². The van der Waals surface area contributed by atoms with Gasteiger partial charge in [-0.05, 0) is 24.5 Å². The molecule has 2 heterocycles. The van der Waals surface area contributed by atoms with Gasteiger partial charge in [0.25, 0.3) is 5.91 Å². The zero-order valence-corrected chi connectivity index (χ0v) is 13.7. The van der Waals surface area contributed by atoms with Crippen molar-refractivity contribution in [1.29, 1.82) is 0 Å². The highest BCUT2D eigenvalue weighted by Crippen LogP contribution is 2.14. The maximum Gasteiger partial charge on any atom is 0.257 e. The van der Waals surface area contributed by atoms with Crippen LogP contribution in [0.2, 0.25) is 0 Å². The monoisotopic (exact) mass is 325 g/mol. The third-order valence-electron chi connectivity index (χ3n) is 3.78. The summed E-state index contributed by atoms with van der Waals surface area (Å²) in [5.41, 5.74) is 3.38. The zero-order chi connectivity index (χ0) is 16.9. The molecule has 0 unspecified atom stereocenters. The fraction of sp³-hybridized carbons (Fsp3) is 0.294. The number of aromatic nitrogens is 4. The topological polar surface area (TPSA) is 85.8 Å². The van der Waals surface area contributed by atoms with Crippen LogP contribution < -0.4 is 5.32 Å². The summed E-state index contributed by atoms with van der Waals surface area (Å²) in [6.45, 7) is 4.82. The molecule has 0 aliphatic carbocycles. The predicted molar refractivity (Wildman–Crippen MR) is 87.4 cm³/mol. The molecule has 1 amide bonds. The molecule has 0 aliphatic rings. The summed E-state index contributed by atoms with van der Waals surface area (Å²) >= 11 is 0. The molecule has 0 fully saturated rings. The fourth-order valence-corrected chi connectivity index (χ4v) is 2.48. The molecule has 3 aromatic rings. The molecule has 0 saturated heterocycles. The van der Waals surface area contributed by atoms with Crippen LogP contribution in [0.15, 0.2) is 41.4 Å². The summed E-state index contributed by atoms with van der Waals surface area (Å²) in [4.78, 5) is 16.3. The second-order valence-corrected chi connectivity index (χ2v) is 5.51. The first-order valence-corrected chi connectivity index (χ1v) is 7.81. The van der Waals surface area contributed by atoms with E-state index in [0.717, 1.165) is 11.1 Å².